The molecule has 0 rings (SSSR count). The maximum absolute atomic E-state index is 11.0. The summed E-state index contributed by atoms with van der Waals surface area (Å²) in [6.45, 7) is 10.8. The number of hydrogen-bond acceptors (Lipinski definition) is 3. The van der Waals surface area contributed by atoms with Gasteiger partial charge in [-0.2, -0.15) is 0 Å². The van der Waals surface area contributed by atoms with E-state index in [9.17, 15) is 4.79 Å². The zero-order valence-corrected chi connectivity index (χ0v) is 9.67. The Morgan fingerprint density at radius 3 is 2.47 bits per heavy atom. The van der Waals surface area contributed by atoms with Gasteiger partial charge >= 0.3 is 5.97 Å². The number of carbonyl (C=O) groups is 1. The van der Waals surface area contributed by atoms with Gasteiger partial charge in [0.15, 0.2) is 0 Å². The zero-order valence-electron chi connectivity index (χ0n) is 9.67. The number of methoxy groups -OCH3 is 1. The fourth-order valence-corrected chi connectivity index (χ4v) is 1.12. The van der Waals surface area contributed by atoms with Crippen molar-refractivity contribution < 1.29 is 14.3 Å². The molecule has 0 fully saturated rings. The molecule has 3 nitrogen and oxygen atoms in total. The lowest BCUT2D eigenvalue weighted by atomic mass is 10.1. The lowest BCUT2D eigenvalue weighted by Gasteiger charge is -2.06. The molecular weight excluding hydrogens is 192 g/mol. The van der Waals surface area contributed by atoms with Gasteiger partial charge < -0.3 is 9.47 Å². The Kier molecular flexibility index (Phi) is 7.64. The quantitative estimate of drug-likeness (QED) is 0.352. The number of rotatable bonds is 8. The van der Waals surface area contributed by atoms with Crippen LogP contribution in [0, 0.1) is 0 Å². The molecule has 15 heavy (non-hydrogen) atoms. The Morgan fingerprint density at radius 2 is 1.93 bits per heavy atom. The predicted molar refractivity (Wildman–Crippen MR) is 60.6 cm³/mol. The van der Waals surface area contributed by atoms with Crippen LogP contribution in [0.4, 0.5) is 0 Å². The first-order chi connectivity index (χ1) is 7.11. The molecule has 0 bridgehead atoms. The molecule has 0 aromatic carbocycles. The van der Waals surface area contributed by atoms with E-state index in [1.807, 2.05) is 6.92 Å². The highest BCUT2D eigenvalue weighted by Gasteiger charge is 2.05. The van der Waals surface area contributed by atoms with Gasteiger partial charge in [0.1, 0.15) is 0 Å². The van der Waals surface area contributed by atoms with Crippen LogP contribution < -0.4 is 0 Å². The average molecular weight is 212 g/mol. The Balaban J connectivity index is 3.57. The van der Waals surface area contributed by atoms with Crippen molar-refractivity contribution in [2.45, 2.75) is 26.2 Å². The molecule has 0 heterocycles. The highest BCUT2D eigenvalue weighted by atomic mass is 16.5. The Hall–Kier alpha value is -1.09. The summed E-state index contributed by atoms with van der Waals surface area (Å²) in [6, 6.07) is 0. The van der Waals surface area contributed by atoms with Crippen LogP contribution in [-0.4, -0.2) is 26.3 Å². The summed E-state index contributed by atoms with van der Waals surface area (Å²) in [4.78, 5) is 11.0. The third-order valence-electron chi connectivity index (χ3n) is 1.99. The third kappa shape index (κ3) is 6.91. The second-order valence-corrected chi connectivity index (χ2v) is 3.34. The van der Waals surface area contributed by atoms with Gasteiger partial charge in [0.25, 0.3) is 0 Å². The van der Waals surface area contributed by atoms with Gasteiger partial charge in [0.2, 0.25) is 0 Å². The van der Waals surface area contributed by atoms with Gasteiger partial charge in [-0.25, -0.2) is 4.79 Å². The van der Waals surface area contributed by atoms with Crippen molar-refractivity contribution in [2.24, 2.45) is 0 Å². The Bertz CT molecular complexity index is 231. The number of carbonyl (C=O) groups excluding carboxylic acids is 1. The monoisotopic (exact) mass is 212 g/mol. The topological polar surface area (TPSA) is 35.5 Å². The average Bonchev–Trinajstić information content (AvgIpc) is 2.24. The maximum atomic E-state index is 11.0. The first kappa shape index (κ1) is 13.9. The van der Waals surface area contributed by atoms with Gasteiger partial charge in [-0.3, -0.25) is 0 Å². The van der Waals surface area contributed by atoms with Crippen LogP contribution in [0.15, 0.2) is 24.3 Å². The highest BCUT2D eigenvalue weighted by Crippen LogP contribution is 2.11. The van der Waals surface area contributed by atoms with Crippen LogP contribution in [0.5, 0.6) is 0 Å². The van der Waals surface area contributed by atoms with E-state index < -0.39 is 0 Å². The van der Waals surface area contributed by atoms with E-state index in [1.54, 1.807) is 0 Å². The van der Waals surface area contributed by atoms with Gasteiger partial charge in [0, 0.05) is 12.2 Å². The van der Waals surface area contributed by atoms with Gasteiger partial charge in [-0.1, -0.05) is 18.7 Å². The van der Waals surface area contributed by atoms with E-state index in [1.165, 1.54) is 7.11 Å². The van der Waals surface area contributed by atoms with E-state index >= 15 is 0 Å². The molecule has 0 saturated heterocycles. The molecule has 86 valence electrons. The fourth-order valence-electron chi connectivity index (χ4n) is 1.12. The van der Waals surface area contributed by atoms with E-state index in [0.717, 1.165) is 18.4 Å². The van der Waals surface area contributed by atoms with Crippen LogP contribution >= 0.6 is 0 Å². The van der Waals surface area contributed by atoms with Crippen LogP contribution in [0.1, 0.15) is 26.2 Å². The minimum Gasteiger partial charge on any atom is -0.466 e. The van der Waals surface area contributed by atoms with Gasteiger partial charge in [-0.15, -0.1) is 0 Å². The van der Waals surface area contributed by atoms with Crippen molar-refractivity contribution in [1.82, 2.24) is 0 Å². The highest BCUT2D eigenvalue weighted by molar-refractivity contribution is 5.87. The van der Waals surface area contributed by atoms with Crippen molar-refractivity contribution in [3.8, 4) is 0 Å². The molecule has 0 amide bonds. The summed E-state index contributed by atoms with van der Waals surface area (Å²) >= 11 is 0. The van der Waals surface area contributed by atoms with E-state index in [0.29, 0.717) is 25.2 Å². The van der Waals surface area contributed by atoms with Crippen molar-refractivity contribution >= 4 is 5.97 Å². The second kappa shape index (κ2) is 8.24. The predicted octanol–water partition coefficient (Wildman–Crippen LogP) is 2.48. The molecule has 0 aromatic heterocycles. The first-order valence-electron chi connectivity index (χ1n) is 5.12. The summed E-state index contributed by atoms with van der Waals surface area (Å²) in [6.07, 6.45) is 2.37. The van der Waals surface area contributed by atoms with Gasteiger partial charge in [-0.05, 0) is 26.2 Å². The molecule has 0 atom stereocenters. The minimum absolute atomic E-state index is 0.328. The molecule has 0 aromatic rings. The molecular formula is C12H20O3. The van der Waals surface area contributed by atoms with Crippen molar-refractivity contribution in [1.29, 1.82) is 0 Å². The van der Waals surface area contributed by atoms with Crippen molar-refractivity contribution in [2.75, 3.05) is 20.3 Å². The standard InChI is InChI=1S/C12H20O3/c1-5-15-9-10(2)7-6-8-11(3)12(13)14-4/h2-3,5-9H2,1,4H3. The fraction of sp³-hybridized carbons (Fsp3) is 0.583. The number of hydrogen-bond donors (Lipinski definition) is 0. The molecule has 0 N–H and O–H groups in total. The smallest absolute Gasteiger partial charge is 0.333 e. The molecule has 3 heteroatoms. The zero-order chi connectivity index (χ0) is 11.7. The molecule has 0 spiro atoms. The minimum atomic E-state index is -0.328. The summed E-state index contributed by atoms with van der Waals surface area (Å²) < 4.78 is 9.76. The molecule has 0 aliphatic carbocycles. The summed E-state index contributed by atoms with van der Waals surface area (Å²) in [5.74, 6) is -0.328. The van der Waals surface area contributed by atoms with E-state index in [4.69, 9.17) is 4.74 Å². The summed E-state index contributed by atoms with van der Waals surface area (Å²) in [5.41, 5.74) is 1.57. The normalized spacial score (nSPS) is 9.73. The first-order valence-corrected chi connectivity index (χ1v) is 5.12. The molecule has 0 radical (unpaired) electrons. The summed E-state index contributed by atoms with van der Waals surface area (Å²) in [5, 5.41) is 0. The number of esters is 1. The largest absolute Gasteiger partial charge is 0.466 e. The molecule has 0 unspecified atom stereocenters. The number of ether oxygens (including phenoxy) is 2. The van der Waals surface area contributed by atoms with Crippen LogP contribution in [0.25, 0.3) is 0 Å². The Labute approximate surface area is 91.8 Å². The lowest BCUT2D eigenvalue weighted by Crippen LogP contribution is -2.04. The van der Waals surface area contributed by atoms with Gasteiger partial charge in [0.05, 0.1) is 13.7 Å². The molecule has 0 aliphatic rings. The second-order valence-electron chi connectivity index (χ2n) is 3.34. The Morgan fingerprint density at radius 1 is 1.27 bits per heavy atom. The molecule has 0 aliphatic heterocycles. The van der Waals surface area contributed by atoms with Crippen LogP contribution in [0.2, 0.25) is 0 Å². The third-order valence-corrected chi connectivity index (χ3v) is 1.99. The SMILES string of the molecule is C=C(CCCC(=C)C(=O)OC)COCC. The van der Waals surface area contributed by atoms with Crippen molar-refractivity contribution in [3.63, 3.8) is 0 Å². The summed E-state index contributed by atoms with van der Waals surface area (Å²) in [7, 11) is 1.36. The maximum Gasteiger partial charge on any atom is 0.333 e. The van der Waals surface area contributed by atoms with Crippen molar-refractivity contribution in [3.05, 3.63) is 24.3 Å². The lowest BCUT2D eigenvalue weighted by molar-refractivity contribution is -0.136. The van der Waals surface area contributed by atoms with Crippen LogP contribution in [-0.2, 0) is 14.3 Å². The van der Waals surface area contributed by atoms with E-state index in [-0.39, 0.29) is 5.97 Å². The molecule has 0 saturated carbocycles. The van der Waals surface area contributed by atoms with E-state index in [2.05, 4.69) is 17.9 Å². The van der Waals surface area contributed by atoms with Crippen LogP contribution in [0.3, 0.4) is 0 Å².